The molecule has 0 aromatic heterocycles. The number of carbonyl (C=O) groups is 1. The summed E-state index contributed by atoms with van der Waals surface area (Å²) in [7, 11) is -3.11. The minimum absolute atomic E-state index is 0.0915. The van der Waals surface area contributed by atoms with Gasteiger partial charge in [0.05, 0.1) is 19.4 Å². The van der Waals surface area contributed by atoms with Gasteiger partial charge in [-0.1, -0.05) is 0 Å². The highest BCUT2D eigenvalue weighted by molar-refractivity contribution is 7.53. The maximum absolute atomic E-state index is 12.0. The van der Waals surface area contributed by atoms with Gasteiger partial charge in [-0.05, 0) is 20.8 Å². The van der Waals surface area contributed by atoms with E-state index in [1.54, 1.807) is 20.8 Å². The van der Waals surface area contributed by atoms with Crippen molar-refractivity contribution in [3.63, 3.8) is 0 Å². The van der Waals surface area contributed by atoms with Crippen molar-refractivity contribution in [2.75, 3.05) is 19.4 Å². The largest absolute Gasteiger partial charge is 0.462 e. The van der Waals surface area contributed by atoms with Gasteiger partial charge in [-0.25, -0.2) is 0 Å². The molecule has 5 nitrogen and oxygen atoms in total. The first-order valence-electron chi connectivity index (χ1n) is 4.99. The molecule has 0 saturated heterocycles. The van der Waals surface area contributed by atoms with Crippen LogP contribution in [0.1, 0.15) is 27.7 Å². The number of carbonyl (C=O) groups excluding carboxylic acids is 1. The first kappa shape index (κ1) is 14.6. The summed E-state index contributed by atoms with van der Waals surface area (Å²) in [5.74, 6) is -0.401. The Morgan fingerprint density at radius 1 is 1.27 bits per heavy atom. The maximum Gasteiger partial charge on any atom is 0.334 e. The number of hydrogen-bond donors (Lipinski definition) is 0. The van der Waals surface area contributed by atoms with E-state index < -0.39 is 19.7 Å². The van der Waals surface area contributed by atoms with Crippen LogP contribution in [0.15, 0.2) is 0 Å². The summed E-state index contributed by atoms with van der Waals surface area (Å²) in [6.45, 7) is 7.06. The van der Waals surface area contributed by atoms with Gasteiger partial charge in [0.15, 0.2) is 0 Å². The van der Waals surface area contributed by atoms with Crippen LogP contribution in [-0.2, 0) is 23.1 Å². The lowest BCUT2D eigenvalue weighted by Crippen LogP contribution is -2.18. The quantitative estimate of drug-likeness (QED) is 0.502. The van der Waals surface area contributed by atoms with E-state index >= 15 is 0 Å². The number of rotatable bonds is 7. The van der Waals surface area contributed by atoms with Gasteiger partial charge in [0, 0.05) is 6.92 Å². The third kappa shape index (κ3) is 6.66. The molecule has 1 unspecified atom stereocenters. The summed E-state index contributed by atoms with van der Waals surface area (Å²) in [5.41, 5.74) is 0. The molecule has 0 bridgehead atoms. The minimum Gasteiger partial charge on any atom is -0.462 e. The van der Waals surface area contributed by atoms with Crippen molar-refractivity contribution in [2.45, 2.75) is 33.8 Å². The van der Waals surface area contributed by atoms with Crippen LogP contribution in [0.3, 0.4) is 0 Å². The van der Waals surface area contributed by atoms with Crippen LogP contribution in [0.5, 0.6) is 0 Å². The Hall–Kier alpha value is -0.380. The Morgan fingerprint density at radius 2 is 1.73 bits per heavy atom. The normalized spacial score (nSPS) is 13.6. The third-order valence-corrected chi connectivity index (χ3v) is 3.76. The molecule has 0 N–H and O–H groups in total. The Morgan fingerprint density at radius 3 is 2.07 bits per heavy atom. The Balaban J connectivity index is 4.27. The van der Waals surface area contributed by atoms with Gasteiger partial charge in [0.25, 0.3) is 0 Å². The van der Waals surface area contributed by atoms with Crippen molar-refractivity contribution in [2.24, 2.45) is 0 Å². The number of esters is 1. The lowest BCUT2D eigenvalue weighted by atomic mass is 10.5. The smallest absolute Gasteiger partial charge is 0.334 e. The molecule has 15 heavy (non-hydrogen) atoms. The van der Waals surface area contributed by atoms with Crippen molar-refractivity contribution in [1.82, 2.24) is 0 Å². The molecule has 0 radical (unpaired) electrons. The molecule has 0 aliphatic rings. The van der Waals surface area contributed by atoms with E-state index in [1.165, 1.54) is 6.92 Å². The van der Waals surface area contributed by atoms with E-state index in [0.717, 1.165) is 0 Å². The summed E-state index contributed by atoms with van der Waals surface area (Å²) in [5, 5.41) is 0. The fraction of sp³-hybridized carbons (Fsp3) is 0.889. The van der Waals surface area contributed by atoms with Crippen molar-refractivity contribution >= 4 is 13.6 Å². The van der Waals surface area contributed by atoms with Gasteiger partial charge >= 0.3 is 13.6 Å². The summed E-state index contributed by atoms with van der Waals surface area (Å²) >= 11 is 0. The standard InChI is InChI=1S/C9H19O5P/c1-5-12-15(11,13-6-2)7-8(3)14-9(4)10/h8H,5-7H2,1-4H3. The molecule has 0 aliphatic carbocycles. The first-order chi connectivity index (χ1) is 6.93. The molecular weight excluding hydrogens is 219 g/mol. The van der Waals surface area contributed by atoms with Crippen LogP contribution in [0, 0.1) is 0 Å². The molecule has 6 heteroatoms. The van der Waals surface area contributed by atoms with Crippen LogP contribution >= 0.6 is 7.60 Å². The minimum atomic E-state index is -3.11. The van der Waals surface area contributed by atoms with Crippen molar-refractivity contribution in [3.8, 4) is 0 Å². The predicted octanol–water partition coefficient (Wildman–Crippen LogP) is 2.20. The molecule has 0 aromatic rings. The van der Waals surface area contributed by atoms with Crippen LogP contribution in [0.2, 0.25) is 0 Å². The molecular formula is C9H19O5P. The van der Waals surface area contributed by atoms with Crippen LogP contribution in [0.25, 0.3) is 0 Å². The van der Waals surface area contributed by atoms with E-state index in [2.05, 4.69) is 0 Å². The molecule has 0 aliphatic heterocycles. The van der Waals surface area contributed by atoms with E-state index in [1.807, 2.05) is 0 Å². The SMILES string of the molecule is CCOP(=O)(CC(C)OC(C)=O)OCC. The highest BCUT2D eigenvalue weighted by atomic mass is 31.2. The highest BCUT2D eigenvalue weighted by Gasteiger charge is 2.27. The average Bonchev–Trinajstić information content (AvgIpc) is 2.01. The Kier molecular flexibility index (Phi) is 6.81. The molecule has 90 valence electrons. The molecule has 0 spiro atoms. The number of hydrogen-bond acceptors (Lipinski definition) is 5. The second kappa shape index (κ2) is 6.99. The second-order valence-corrected chi connectivity index (χ2v) is 5.15. The molecule has 0 amide bonds. The van der Waals surface area contributed by atoms with E-state index in [4.69, 9.17) is 13.8 Å². The zero-order valence-corrected chi connectivity index (χ0v) is 10.6. The van der Waals surface area contributed by atoms with E-state index in [9.17, 15) is 9.36 Å². The third-order valence-electron chi connectivity index (χ3n) is 1.50. The monoisotopic (exact) mass is 238 g/mol. The molecule has 0 fully saturated rings. The zero-order valence-electron chi connectivity index (χ0n) is 9.69. The average molecular weight is 238 g/mol. The molecule has 0 aromatic carbocycles. The lowest BCUT2D eigenvalue weighted by Gasteiger charge is -2.20. The summed E-state index contributed by atoms with van der Waals surface area (Å²) in [6.07, 6.45) is -0.375. The molecule has 0 saturated carbocycles. The summed E-state index contributed by atoms with van der Waals surface area (Å²) < 4.78 is 27.0. The van der Waals surface area contributed by atoms with Gasteiger partial charge in [-0.3, -0.25) is 9.36 Å². The lowest BCUT2D eigenvalue weighted by molar-refractivity contribution is -0.144. The molecule has 0 rings (SSSR count). The topological polar surface area (TPSA) is 61.8 Å². The van der Waals surface area contributed by atoms with Gasteiger partial charge in [-0.15, -0.1) is 0 Å². The van der Waals surface area contributed by atoms with Crippen molar-refractivity contribution in [3.05, 3.63) is 0 Å². The van der Waals surface area contributed by atoms with E-state index in [-0.39, 0.29) is 6.16 Å². The predicted molar refractivity (Wildman–Crippen MR) is 57.0 cm³/mol. The highest BCUT2D eigenvalue weighted by Crippen LogP contribution is 2.48. The van der Waals surface area contributed by atoms with Crippen LogP contribution in [-0.4, -0.2) is 31.4 Å². The summed E-state index contributed by atoms with van der Waals surface area (Å²) in [6, 6.07) is 0. The Labute approximate surface area is 90.6 Å². The maximum atomic E-state index is 12.0. The van der Waals surface area contributed by atoms with Crippen LogP contribution < -0.4 is 0 Å². The van der Waals surface area contributed by atoms with Crippen molar-refractivity contribution in [1.29, 1.82) is 0 Å². The zero-order chi connectivity index (χ0) is 11.9. The molecule has 0 heterocycles. The van der Waals surface area contributed by atoms with E-state index in [0.29, 0.717) is 13.2 Å². The number of ether oxygens (including phenoxy) is 1. The fourth-order valence-corrected chi connectivity index (χ4v) is 2.95. The second-order valence-electron chi connectivity index (χ2n) is 3.05. The summed E-state index contributed by atoms with van der Waals surface area (Å²) in [4.78, 5) is 10.7. The molecule has 1 atom stereocenters. The fourth-order valence-electron chi connectivity index (χ4n) is 1.17. The van der Waals surface area contributed by atoms with Gasteiger partial charge in [-0.2, -0.15) is 0 Å². The van der Waals surface area contributed by atoms with Crippen molar-refractivity contribution < 1.29 is 23.1 Å². The van der Waals surface area contributed by atoms with Crippen LogP contribution in [0.4, 0.5) is 0 Å². The first-order valence-corrected chi connectivity index (χ1v) is 6.71. The van der Waals surface area contributed by atoms with Gasteiger partial charge < -0.3 is 13.8 Å². The van der Waals surface area contributed by atoms with Gasteiger partial charge in [0.1, 0.15) is 6.10 Å². The van der Waals surface area contributed by atoms with Gasteiger partial charge in [0.2, 0.25) is 0 Å². The Bertz CT molecular complexity index is 231.